The van der Waals surface area contributed by atoms with Crippen LogP contribution in [0.3, 0.4) is 0 Å². The summed E-state index contributed by atoms with van der Waals surface area (Å²) >= 11 is 0. The SMILES string of the molecule is C[C@H]1C(=O)Nc2cnc(CC3CC(OCc4ccc(F)c(F)c4)C3)nc2N1C. The van der Waals surface area contributed by atoms with E-state index in [9.17, 15) is 13.6 Å². The number of fused-ring (bicyclic) bond motifs is 1. The summed E-state index contributed by atoms with van der Waals surface area (Å²) in [5.74, 6) is 0.144. The minimum Gasteiger partial charge on any atom is -0.374 e. The highest BCUT2D eigenvalue weighted by molar-refractivity contribution is 6.02. The second-order valence-corrected chi connectivity index (χ2v) is 7.52. The van der Waals surface area contributed by atoms with Crippen molar-refractivity contribution in [1.82, 2.24) is 9.97 Å². The van der Waals surface area contributed by atoms with Gasteiger partial charge in [-0.05, 0) is 43.4 Å². The predicted molar refractivity (Wildman–Crippen MR) is 99.9 cm³/mol. The molecule has 0 radical (unpaired) electrons. The van der Waals surface area contributed by atoms with E-state index in [1.165, 1.54) is 12.1 Å². The zero-order valence-corrected chi connectivity index (χ0v) is 15.8. The second kappa shape index (κ2) is 7.43. The van der Waals surface area contributed by atoms with Crippen molar-refractivity contribution in [3.63, 3.8) is 0 Å². The summed E-state index contributed by atoms with van der Waals surface area (Å²) in [6.45, 7) is 2.10. The molecule has 8 heteroatoms. The monoisotopic (exact) mass is 388 g/mol. The Kier molecular flexibility index (Phi) is 4.97. The van der Waals surface area contributed by atoms with Crippen LogP contribution in [0.2, 0.25) is 0 Å². The molecule has 4 rings (SSSR count). The summed E-state index contributed by atoms with van der Waals surface area (Å²) in [6, 6.07) is 3.55. The summed E-state index contributed by atoms with van der Waals surface area (Å²) in [5.41, 5.74) is 1.26. The fourth-order valence-electron chi connectivity index (χ4n) is 3.54. The lowest BCUT2D eigenvalue weighted by atomic mass is 9.80. The molecule has 1 amide bonds. The normalized spacial score (nSPS) is 23.8. The van der Waals surface area contributed by atoms with E-state index in [4.69, 9.17) is 4.74 Å². The Balaban J connectivity index is 1.29. The van der Waals surface area contributed by atoms with E-state index in [-0.39, 0.29) is 24.7 Å². The van der Waals surface area contributed by atoms with Gasteiger partial charge in [-0.3, -0.25) is 4.79 Å². The van der Waals surface area contributed by atoms with E-state index in [0.29, 0.717) is 17.2 Å². The van der Waals surface area contributed by atoms with E-state index >= 15 is 0 Å². The summed E-state index contributed by atoms with van der Waals surface area (Å²) in [7, 11) is 1.85. The number of nitrogens with zero attached hydrogens (tertiary/aromatic N) is 3. The Hall–Kier alpha value is -2.61. The van der Waals surface area contributed by atoms with Gasteiger partial charge in [-0.1, -0.05) is 6.07 Å². The number of amides is 1. The maximum Gasteiger partial charge on any atom is 0.246 e. The molecule has 1 atom stereocenters. The fraction of sp³-hybridized carbons (Fsp3) is 0.450. The van der Waals surface area contributed by atoms with Crippen LogP contribution < -0.4 is 10.2 Å². The van der Waals surface area contributed by atoms with Crippen molar-refractivity contribution in [2.75, 3.05) is 17.3 Å². The van der Waals surface area contributed by atoms with Gasteiger partial charge in [0.15, 0.2) is 17.5 Å². The number of carbonyl (C=O) groups excluding carboxylic acids is 1. The molecule has 2 aliphatic rings. The van der Waals surface area contributed by atoms with E-state index in [0.717, 1.165) is 37.0 Å². The van der Waals surface area contributed by atoms with Gasteiger partial charge in [-0.25, -0.2) is 18.7 Å². The molecule has 1 aromatic heterocycles. The smallest absolute Gasteiger partial charge is 0.246 e. The third kappa shape index (κ3) is 3.69. The Morgan fingerprint density at radius 3 is 2.82 bits per heavy atom. The van der Waals surface area contributed by atoms with E-state index in [2.05, 4.69) is 15.3 Å². The van der Waals surface area contributed by atoms with Crippen molar-refractivity contribution < 1.29 is 18.3 Å². The zero-order chi connectivity index (χ0) is 19.8. The van der Waals surface area contributed by atoms with Gasteiger partial charge in [0.25, 0.3) is 0 Å². The Morgan fingerprint density at radius 1 is 1.29 bits per heavy atom. The molecule has 1 N–H and O–H groups in total. The van der Waals surface area contributed by atoms with Crippen LogP contribution in [0.25, 0.3) is 0 Å². The van der Waals surface area contributed by atoms with Crippen LogP contribution in [-0.4, -0.2) is 35.1 Å². The number of benzene rings is 1. The summed E-state index contributed by atoms with van der Waals surface area (Å²) < 4.78 is 32.0. The lowest BCUT2D eigenvalue weighted by molar-refractivity contribution is -0.117. The van der Waals surface area contributed by atoms with Crippen molar-refractivity contribution in [2.45, 2.75) is 44.9 Å². The molecular weight excluding hydrogens is 366 g/mol. The van der Waals surface area contributed by atoms with Gasteiger partial charge >= 0.3 is 0 Å². The summed E-state index contributed by atoms with van der Waals surface area (Å²) in [4.78, 5) is 22.7. The first kappa shape index (κ1) is 18.7. The third-order valence-electron chi connectivity index (χ3n) is 5.50. The Labute approximate surface area is 161 Å². The van der Waals surface area contributed by atoms with Gasteiger partial charge in [0.2, 0.25) is 5.91 Å². The van der Waals surface area contributed by atoms with Crippen molar-refractivity contribution in [3.8, 4) is 0 Å². The van der Waals surface area contributed by atoms with Crippen LogP contribution in [0.15, 0.2) is 24.4 Å². The van der Waals surface area contributed by atoms with Gasteiger partial charge in [0.1, 0.15) is 17.6 Å². The van der Waals surface area contributed by atoms with Crippen molar-refractivity contribution in [2.24, 2.45) is 5.92 Å². The van der Waals surface area contributed by atoms with Crippen LogP contribution in [0.1, 0.15) is 31.2 Å². The molecule has 1 saturated carbocycles. The number of rotatable bonds is 5. The van der Waals surface area contributed by atoms with Gasteiger partial charge in [0.05, 0.1) is 18.9 Å². The van der Waals surface area contributed by atoms with E-state index < -0.39 is 11.6 Å². The topological polar surface area (TPSA) is 67.3 Å². The molecule has 0 saturated heterocycles. The molecule has 1 aliphatic carbocycles. The number of ether oxygens (including phenoxy) is 1. The number of likely N-dealkylation sites (N-methyl/N-ethyl adjacent to an activating group) is 1. The molecule has 148 valence electrons. The highest BCUT2D eigenvalue weighted by Crippen LogP contribution is 2.34. The lowest BCUT2D eigenvalue weighted by Crippen LogP contribution is -2.44. The number of aromatic nitrogens is 2. The number of anilines is 2. The zero-order valence-electron chi connectivity index (χ0n) is 15.8. The van der Waals surface area contributed by atoms with Gasteiger partial charge < -0.3 is 15.0 Å². The standard InChI is InChI=1S/C20H22F2N4O2/c1-11-20(27)24-17-9-23-18(25-19(17)26(11)2)8-13-5-14(6-13)28-10-12-3-4-15(21)16(22)7-12/h3-4,7,9,11,13-14H,5-6,8,10H2,1-2H3,(H,24,27)/t11-,13?,14?/m0/s1. The largest absolute Gasteiger partial charge is 0.374 e. The molecule has 6 nitrogen and oxygen atoms in total. The first-order valence-electron chi connectivity index (χ1n) is 9.36. The van der Waals surface area contributed by atoms with Gasteiger partial charge in [-0.2, -0.15) is 0 Å². The van der Waals surface area contributed by atoms with E-state index in [1.807, 2.05) is 18.9 Å². The Bertz CT molecular complexity index is 902. The molecule has 1 fully saturated rings. The first-order chi connectivity index (χ1) is 13.4. The fourth-order valence-corrected chi connectivity index (χ4v) is 3.54. The lowest BCUT2D eigenvalue weighted by Gasteiger charge is -2.35. The predicted octanol–water partition coefficient (Wildman–Crippen LogP) is 3.07. The molecule has 1 aromatic carbocycles. The minimum absolute atomic E-state index is 0.0635. The molecule has 28 heavy (non-hydrogen) atoms. The van der Waals surface area contributed by atoms with Crippen molar-refractivity contribution in [3.05, 3.63) is 47.4 Å². The second-order valence-electron chi connectivity index (χ2n) is 7.52. The summed E-state index contributed by atoms with van der Waals surface area (Å²) in [5, 5.41) is 2.82. The number of halogens is 2. The number of nitrogens with one attached hydrogen (secondary N) is 1. The van der Waals surface area contributed by atoms with E-state index in [1.54, 1.807) is 6.20 Å². The van der Waals surface area contributed by atoms with Crippen LogP contribution in [0.4, 0.5) is 20.3 Å². The quantitative estimate of drug-likeness (QED) is 0.853. The molecule has 2 heterocycles. The number of carbonyl (C=O) groups is 1. The molecule has 0 spiro atoms. The first-order valence-corrected chi connectivity index (χ1v) is 9.36. The minimum atomic E-state index is -0.854. The molecule has 0 bridgehead atoms. The Morgan fingerprint density at radius 2 is 2.07 bits per heavy atom. The molecular formula is C20H22F2N4O2. The third-order valence-corrected chi connectivity index (χ3v) is 5.50. The van der Waals surface area contributed by atoms with Crippen LogP contribution in [0.5, 0.6) is 0 Å². The van der Waals surface area contributed by atoms with Crippen LogP contribution in [0, 0.1) is 17.6 Å². The van der Waals surface area contributed by atoms with Gasteiger partial charge in [0, 0.05) is 13.5 Å². The highest BCUT2D eigenvalue weighted by atomic mass is 19.2. The van der Waals surface area contributed by atoms with Crippen molar-refractivity contribution >= 4 is 17.4 Å². The van der Waals surface area contributed by atoms with Crippen molar-refractivity contribution in [1.29, 1.82) is 0 Å². The summed E-state index contributed by atoms with van der Waals surface area (Å²) in [6.07, 6.45) is 4.28. The highest BCUT2D eigenvalue weighted by Gasteiger charge is 2.32. The number of hydrogen-bond acceptors (Lipinski definition) is 5. The average molecular weight is 388 g/mol. The maximum absolute atomic E-state index is 13.2. The number of hydrogen-bond donors (Lipinski definition) is 1. The molecule has 2 aromatic rings. The average Bonchev–Trinajstić information content (AvgIpc) is 2.65. The van der Waals surface area contributed by atoms with Crippen LogP contribution >= 0.6 is 0 Å². The molecule has 1 aliphatic heterocycles. The van der Waals surface area contributed by atoms with Gasteiger partial charge in [-0.15, -0.1) is 0 Å². The maximum atomic E-state index is 13.2. The van der Waals surface area contributed by atoms with Crippen LogP contribution in [-0.2, 0) is 22.6 Å². The molecule has 0 unspecified atom stereocenters.